The third-order valence-corrected chi connectivity index (χ3v) is 4.07. The summed E-state index contributed by atoms with van der Waals surface area (Å²) in [6, 6.07) is 0. The van der Waals surface area contributed by atoms with Crippen molar-refractivity contribution in [1.29, 1.82) is 0 Å². The topological polar surface area (TPSA) is 66.8 Å². The van der Waals surface area contributed by atoms with Gasteiger partial charge in [0.2, 0.25) is 0 Å². The maximum atomic E-state index is 12.0. The summed E-state index contributed by atoms with van der Waals surface area (Å²) < 4.78 is 5.32. The van der Waals surface area contributed by atoms with E-state index in [9.17, 15) is 14.7 Å². The third kappa shape index (κ3) is 2.29. The van der Waals surface area contributed by atoms with E-state index in [2.05, 4.69) is 0 Å². The Kier molecular flexibility index (Phi) is 4.02. The van der Waals surface area contributed by atoms with Gasteiger partial charge < -0.3 is 9.84 Å². The maximum absolute atomic E-state index is 12.0. The molecule has 0 radical (unpaired) electrons. The molecule has 2 amide bonds. The highest BCUT2D eigenvalue weighted by Gasteiger charge is 2.47. The Hall–Kier alpha value is -0.940. The Morgan fingerprint density at radius 1 is 1.22 bits per heavy atom. The van der Waals surface area contributed by atoms with Gasteiger partial charge in [-0.25, -0.2) is 0 Å². The quantitative estimate of drug-likeness (QED) is 0.734. The summed E-state index contributed by atoms with van der Waals surface area (Å²) in [7, 11) is 0. The van der Waals surface area contributed by atoms with Crippen LogP contribution in [0.2, 0.25) is 0 Å². The first-order valence-electron chi connectivity index (χ1n) is 6.77. The zero-order valence-electron chi connectivity index (χ0n) is 11.0. The van der Waals surface area contributed by atoms with E-state index in [0.29, 0.717) is 12.8 Å². The van der Waals surface area contributed by atoms with E-state index in [1.54, 1.807) is 0 Å². The first-order valence-corrected chi connectivity index (χ1v) is 6.77. The number of ether oxygens (including phenoxy) is 1. The molecule has 2 fully saturated rings. The number of rotatable bonds is 5. The van der Waals surface area contributed by atoms with Gasteiger partial charge in [-0.2, -0.15) is 0 Å². The number of hydrogen-bond donors (Lipinski definition) is 1. The van der Waals surface area contributed by atoms with Crippen LogP contribution in [0.5, 0.6) is 0 Å². The minimum atomic E-state index is -0.634. The van der Waals surface area contributed by atoms with E-state index in [0.717, 1.165) is 12.8 Å². The van der Waals surface area contributed by atoms with Crippen LogP contribution < -0.4 is 0 Å². The monoisotopic (exact) mass is 255 g/mol. The molecule has 0 aromatic carbocycles. The minimum absolute atomic E-state index is 0.111. The Bertz CT molecular complexity index is 318. The van der Waals surface area contributed by atoms with Gasteiger partial charge in [-0.3, -0.25) is 14.5 Å². The van der Waals surface area contributed by atoms with Crippen molar-refractivity contribution in [2.75, 3.05) is 6.54 Å². The van der Waals surface area contributed by atoms with Crippen LogP contribution >= 0.6 is 0 Å². The smallest absolute Gasteiger partial charge is 0.258 e. The molecule has 5 nitrogen and oxygen atoms in total. The Morgan fingerprint density at radius 2 is 1.72 bits per heavy atom. The fourth-order valence-electron chi connectivity index (χ4n) is 2.81. The highest BCUT2D eigenvalue weighted by Crippen LogP contribution is 2.29. The summed E-state index contributed by atoms with van der Waals surface area (Å²) in [6.07, 6.45) is 1.35. The second-order valence-electron chi connectivity index (χ2n) is 5.12. The van der Waals surface area contributed by atoms with Crippen molar-refractivity contribution >= 4 is 11.8 Å². The normalized spacial score (nSPS) is 29.2. The van der Waals surface area contributed by atoms with Crippen LogP contribution in [-0.2, 0) is 14.3 Å². The number of aliphatic hydroxyl groups excluding tert-OH is 1. The van der Waals surface area contributed by atoms with Crippen molar-refractivity contribution in [2.45, 2.75) is 57.8 Å². The molecule has 0 aromatic heterocycles. The number of aliphatic hydroxyl groups is 1. The molecule has 2 aliphatic heterocycles. The van der Waals surface area contributed by atoms with Gasteiger partial charge in [0.15, 0.2) is 0 Å². The number of fused-ring (bicyclic) bond motifs is 2. The summed E-state index contributed by atoms with van der Waals surface area (Å²) in [5, 5.41) is 10.1. The predicted molar refractivity (Wildman–Crippen MR) is 64.7 cm³/mol. The van der Waals surface area contributed by atoms with Crippen LogP contribution in [0, 0.1) is 5.92 Å². The lowest BCUT2D eigenvalue weighted by Crippen LogP contribution is -2.54. The average Bonchev–Trinajstić information content (AvgIpc) is 2.81. The molecule has 2 aliphatic rings. The van der Waals surface area contributed by atoms with E-state index >= 15 is 0 Å². The van der Waals surface area contributed by atoms with Gasteiger partial charge in [0, 0.05) is 0 Å². The third-order valence-electron chi connectivity index (χ3n) is 4.07. The Labute approximate surface area is 107 Å². The number of likely N-dealkylation sites (tertiary alicyclic amines) is 1. The van der Waals surface area contributed by atoms with Gasteiger partial charge in [-0.15, -0.1) is 0 Å². The molecule has 0 aliphatic carbocycles. The zero-order valence-corrected chi connectivity index (χ0v) is 11.0. The van der Waals surface area contributed by atoms with E-state index < -0.39 is 18.3 Å². The van der Waals surface area contributed by atoms with E-state index in [4.69, 9.17) is 4.74 Å². The Balaban J connectivity index is 2.04. The fraction of sp³-hybridized carbons (Fsp3) is 0.846. The fourth-order valence-corrected chi connectivity index (χ4v) is 2.81. The molecular formula is C13H21NO4. The highest BCUT2D eigenvalue weighted by molar-refractivity contribution is 6.02. The van der Waals surface area contributed by atoms with Crippen LogP contribution in [0.3, 0.4) is 0 Å². The van der Waals surface area contributed by atoms with Gasteiger partial charge >= 0.3 is 0 Å². The number of nitrogens with zero attached hydrogens (tertiary/aromatic N) is 1. The van der Waals surface area contributed by atoms with Crippen LogP contribution in [0.15, 0.2) is 0 Å². The lowest BCUT2D eigenvalue weighted by Gasteiger charge is -2.33. The predicted octanol–water partition coefficient (Wildman–Crippen LogP) is 0.700. The molecule has 0 spiro atoms. The first-order chi connectivity index (χ1) is 8.58. The van der Waals surface area contributed by atoms with Crippen LogP contribution in [0.4, 0.5) is 0 Å². The number of imide groups is 1. The van der Waals surface area contributed by atoms with E-state index in [1.165, 1.54) is 4.90 Å². The second-order valence-corrected chi connectivity index (χ2v) is 5.12. The van der Waals surface area contributed by atoms with Gasteiger partial charge in [-0.1, -0.05) is 26.7 Å². The van der Waals surface area contributed by atoms with Crippen molar-refractivity contribution in [3.63, 3.8) is 0 Å². The number of β-amino-alcohol motifs (C(OH)–C–C–N with tert-alkyl or cyclic N) is 1. The molecule has 1 N–H and O–H groups in total. The minimum Gasteiger partial charge on any atom is -0.391 e. The Morgan fingerprint density at radius 3 is 2.17 bits per heavy atom. The average molecular weight is 255 g/mol. The second kappa shape index (κ2) is 5.36. The number of hydrogen-bond acceptors (Lipinski definition) is 4. The summed E-state index contributed by atoms with van der Waals surface area (Å²) in [6.45, 7) is 4.12. The van der Waals surface area contributed by atoms with Crippen molar-refractivity contribution in [2.24, 2.45) is 5.92 Å². The lowest BCUT2D eigenvalue weighted by molar-refractivity contribution is -0.170. The van der Waals surface area contributed by atoms with Crippen molar-refractivity contribution in [3.05, 3.63) is 0 Å². The van der Waals surface area contributed by atoms with Crippen molar-refractivity contribution in [1.82, 2.24) is 4.90 Å². The summed E-state index contributed by atoms with van der Waals surface area (Å²) in [5.74, 6) is -0.427. The molecule has 2 bridgehead atoms. The molecule has 2 rings (SSSR count). The number of carbonyl (C=O) groups excluding carboxylic acids is 2. The molecule has 102 valence electrons. The number of morpholine rings is 1. The van der Waals surface area contributed by atoms with Gasteiger partial charge in [-0.05, 0) is 18.8 Å². The molecule has 5 heteroatoms. The molecule has 0 aromatic rings. The van der Waals surface area contributed by atoms with Crippen molar-refractivity contribution in [3.8, 4) is 0 Å². The summed E-state index contributed by atoms with van der Waals surface area (Å²) >= 11 is 0. The molecule has 2 saturated heterocycles. The zero-order chi connectivity index (χ0) is 13.3. The van der Waals surface area contributed by atoms with Crippen LogP contribution in [-0.4, -0.2) is 46.7 Å². The van der Waals surface area contributed by atoms with Gasteiger partial charge in [0.25, 0.3) is 11.8 Å². The molecule has 3 unspecified atom stereocenters. The van der Waals surface area contributed by atoms with E-state index in [-0.39, 0.29) is 24.3 Å². The molecule has 0 saturated carbocycles. The van der Waals surface area contributed by atoms with E-state index in [1.807, 2.05) is 13.8 Å². The molecule has 3 atom stereocenters. The van der Waals surface area contributed by atoms with Gasteiger partial charge in [0.05, 0.1) is 12.6 Å². The lowest BCUT2D eigenvalue weighted by atomic mass is 9.96. The van der Waals surface area contributed by atoms with Crippen LogP contribution in [0.25, 0.3) is 0 Å². The largest absolute Gasteiger partial charge is 0.391 e. The molecule has 18 heavy (non-hydrogen) atoms. The standard InChI is InChI=1S/C13H21NO4/c1-3-8(4-2)9(15)7-14-12(16)10-5-6-11(18-10)13(14)17/h8-11,15H,3-7H2,1-2H3. The summed E-state index contributed by atoms with van der Waals surface area (Å²) in [5.41, 5.74) is 0. The SMILES string of the molecule is CCC(CC)C(O)CN1C(=O)C2CCC(O2)C1=O. The molecular weight excluding hydrogens is 234 g/mol. The number of carbonyl (C=O) groups is 2. The maximum Gasteiger partial charge on any atom is 0.258 e. The van der Waals surface area contributed by atoms with Crippen molar-refractivity contribution < 1.29 is 19.4 Å². The first kappa shape index (κ1) is 13.5. The molecule has 2 heterocycles. The summed E-state index contributed by atoms with van der Waals surface area (Å²) in [4.78, 5) is 25.2. The van der Waals surface area contributed by atoms with Gasteiger partial charge in [0.1, 0.15) is 12.2 Å². The highest BCUT2D eigenvalue weighted by atomic mass is 16.5. The number of amides is 2. The van der Waals surface area contributed by atoms with Crippen LogP contribution in [0.1, 0.15) is 39.5 Å².